The van der Waals surface area contributed by atoms with Crippen molar-refractivity contribution in [3.8, 4) is 0 Å². The van der Waals surface area contributed by atoms with Crippen LogP contribution in [0, 0.1) is 6.42 Å². The highest BCUT2D eigenvalue weighted by atomic mass is 19.4. The van der Waals surface area contributed by atoms with Crippen LogP contribution in [0.1, 0.15) is 18.1 Å². The quantitative estimate of drug-likeness (QED) is 0.665. The lowest BCUT2D eigenvalue weighted by Gasteiger charge is -2.06. The van der Waals surface area contributed by atoms with Crippen LogP contribution in [0.4, 0.5) is 13.2 Å². The summed E-state index contributed by atoms with van der Waals surface area (Å²) >= 11 is 0. The highest BCUT2D eigenvalue weighted by Gasteiger charge is 2.29. The molecule has 0 amide bonds. The van der Waals surface area contributed by atoms with Gasteiger partial charge in [0.2, 0.25) is 0 Å². The molecule has 1 aromatic rings. The highest BCUT2D eigenvalue weighted by Crippen LogP contribution is 2.29. The average molecular weight is 187 g/mol. The zero-order chi connectivity index (χ0) is 9.90. The maximum atomic E-state index is 12.1. The van der Waals surface area contributed by atoms with Crippen molar-refractivity contribution in [1.82, 2.24) is 0 Å². The second kappa shape index (κ2) is 3.81. The fourth-order valence-corrected chi connectivity index (χ4v) is 1.07. The minimum atomic E-state index is -4.23. The Balaban J connectivity index is 2.81. The van der Waals surface area contributed by atoms with E-state index in [2.05, 4.69) is 0 Å². The molecular weight excluding hydrogens is 177 g/mol. The molecule has 0 aliphatic heterocycles. The number of hydrogen-bond donors (Lipinski definition) is 0. The highest BCUT2D eigenvalue weighted by molar-refractivity contribution is 5.25. The Kier molecular flexibility index (Phi) is 2.96. The second-order valence-corrected chi connectivity index (χ2v) is 2.81. The van der Waals surface area contributed by atoms with Gasteiger partial charge >= 0.3 is 6.18 Å². The summed E-state index contributed by atoms with van der Waals surface area (Å²) in [5, 5.41) is 0. The molecule has 0 N–H and O–H groups in total. The minimum absolute atomic E-state index is 0.590. The van der Waals surface area contributed by atoms with E-state index < -0.39 is 11.7 Å². The van der Waals surface area contributed by atoms with Crippen LogP contribution in [0.3, 0.4) is 0 Å². The molecule has 0 spiro atoms. The summed E-state index contributed by atoms with van der Waals surface area (Å²) in [6, 6.07) is 5.23. The monoisotopic (exact) mass is 187 g/mol. The molecule has 0 aliphatic carbocycles. The molecule has 0 atom stereocenters. The first-order chi connectivity index (χ1) is 6.04. The lowest BCUT2D eigenvalue weighted by atomic mass is 10.1. The fraction of sp³-hybridized carbons (Fsp3) is 0.300. The third kappa shape index (κ3) is 2.76. The van der Waals surface area contributed by atoms with Gasteiger partial charge in [-0.1, -0.05) is 19.1 Å². The zero-order valence-electron chi connectivity index (χ0n) is 7.23. The molecule has 1 aromatic carbocycles. The first kappa shape index (κ1) is 10.1. The predicted molar refractivity (Wildman–Crippen MR) is 45.1 cm³/mol. The van der Waals surface area contributed by atoms with Gasteiger partial charge in [0.05, 0.1) is 5.56 Å². The first-order valence-electron chi connectivity index (χ1n) is 3.98. The molecule has 0 nitrogen and oxygen atoms in total. The third-order valence-electron chi connectivity index (χ3n) is 1.72. The van der Waals surface area contributed by atoms with Crippen LogP contribution < -0.4 is 0 Å². The third-order valence-corrected chi connectivity index (χ3v) is 1.72. The fourth-order valence-electron chi connectivity index (χ4n) is 1.07. The van der Waals surface area contributed by atoms with E-state index in [0.29, 0.717) is 6.42 Å². The van der Waals surface area contributed by atoms with Crippen LogP contribution in [0.5, 0.6) is 0 Å². The smallest absolute Gasteiger partial charge is 0.166 e. The van der Waals surface area contributed by atoms with E-state index in [1.54, 1.807) is 0 Å². The summed E-state index contributed by atoms with van der Waals surface area (Å²) in [6.45, 7) is 1.87. The summed E-state index contributed by atoms with van der Waals surface area (Å²) in [4.78, 5) is 0. The van der Waals surface area contributed by atoms with E-state index in [-0.39, 0.29) is 0 Å². The number of rotatable bonds is 2. The van der Waals surface area contributed by atoms with Gasteiger partial charge in [0.25, 0.3) is 0 Å². The topological polar surface area (TPSA) is 0 Å². The van der Waals surface area contributed by atoms with Crippen LogP contribution in [-0.2, 0) is 12.6 Å². The van der Waals surface area contributed by atoms with Gasteiger partial charge in [-0.15, -0.1) is 0 Å². The largest absolute Gasteiger partial charge is 0.416 e. The molecule has 0 aromatic heterocycles. The molecule has 0 fully saturated rings. The Morgan fingerprint density at radius 3 is 2.08 bits per heavy atom. The normalized spacial score (nSPS) is 11.7. The molecule has 71 valence electrons. The summed E-state index contributed by atoms with van der Waals surface area (Å²) in [7, 11) is 0. The molecule has 0 unspecified atom stereocenters. The molecule has 1 rings (SSSR count). The Labute approximate surface area is 75.4 Å². The summed E-state index contributed by atoms with van der Waals surface area (Å²) < 4.78 is 36.3. The summed E-state index contributed by atoms with van der Waals surface area (Å²) in [5.74, 6) is 0. The maximum Gasteiger partial charge on any atom is 0.416 e. The van der Waals surface area contributed by atoms with Crippen LogP contribution in [-0.4, -0.2) is 0 Å². The molecule has 0 aliphatic rings. The van der Waals surface area contributed by atoms with Crippen molar-refractivity contribution in [3.05, 3.63) is 41.8 Å². The van der Waals surface area contributed by atoms with E-state index in [1.165, 1.54) is 12.1 Å². The van der Waals surface area contributed by atoms with Crippen LogP contribution >= 0.6 is 0 Å². The van der Waals surface area contributed by atoms with Crippen molar-refractivity contribution in [1.29, 1.82) is 0 Å². The molecule has 1 radical (unpaired) electrons. The van der Waals surface area contributed by atoms with E-state index in [9.17, 15) is 13.2 Å². The minimum Gasteiger partial charge on any atom is -0.166 e. The van der Waals surface area contributed by atoms with Gasteiger partial charge in [-0.05, 0) is 30.5 Å². The molecule has 0 saturated heterocycles. The average Bonchev–Trinajstić information content (AvgIpc) is 2.04. The van der Waals surface area contributed by atoms with Crippen LogP contribution in [0.25, 0.3) is 0 Å². The van der Waals surface area contributed by atoms with Gasteiger partial charge in [0.15, 0.2) is 0 Å². The van der Waals surface area contributed by atoms with Gasteiger partial charge in [0, 0.05) is 0 Å². The van der Waals surface area contributed by atoms with Crippen molar-refractivity contribution in [3.63, 3.8) is 0 Å². The standard InChI is InChI=1S/C10H10F3/c1-2-3-8-4-6-9(7-5-8)10(11,12)13/h2,4-7H,3H2,1H3. The number of halogens is 3. The van der Waals surface area contributed by atoms with E-state index in [4.69, 9.17) is 0 Å². The molecule has 0 heterocycles. The van der Waals surface area contributed by atoms with E-state index in [0.717, 1.165) is 17.7 Å². The lowest BCUT2D eigenvalue weighted by Crippen LogP contribution is -2.04. The van der Waals surface area contributed by atoms with Crippen molar-refractivity contribution in [2.75, 3.05) is 0 Å². The molecule has 3 heteroatoms. The molecule has 13 heavy (non-hydrogen) atoms. The van der Waals surface area contributed by atoms with Crippen molar-refractivity contribution in [2.45, 2.75) is 19.5 Å². The molecule has 0 bridgehead atoms. The summed E-state index contributed by atoms with van der Waals surface area (Å²) in [5.41, 5.74) is 0.308. The van der Waals surface area contributed by atoms with Crippen molar-refractivity contribution >= 4 is 0 Å². The van der Waals surface area contributed by atoms with Crippen LogP contribution in [0.15, 0.2) is 24.3 Å². The second-order valence-electron chi connectivity index (χ2n) is 2.81. The van der Waals surface area contributed by atoms with E-state index in [1.807, 2.05) is 13.3 Å². The number of benzene rings is 1. The number of hydrogen-bond acceptors (Lipinski definition) is 0. The first-order valence-corrected chi connectivity index (χ1v) is 3.98. The number of alkyl halides is 3. The Bertz CT molecular complexity index is 258. The van der Waals surface area contributed by atoms with Crippen LogP contribution in [0.2, 0.25) is 0 Å². The van der Waals surface area contributed by atoms with Gasteiger partial charge in [-0.2, -0.15) is 13.2 Å². The van der Waals surface area contributed by atoms with Crippen molar-refractivity contribution in [2.24, 2.45) is 0 Å². The Hall–Kier alpha value is -0.990. The van der Waals surface area contributed by atoms with Gasteiger partial charge in [-0.3, -0.25) is 0 Å². The van der Waals surface area contributed by atoms with Gasteiger partial charge in [0.1, 0.15) is 0 Å². The van der Waals surface area contributed by atoms with Gasteiger partial charge in [-0.25, -0.2) is 0 Å². The summed E-state index contributed by atoms with van der Waals surface area (Å²) in [6.07, 6.45) is -1.62. The van der Waals surface area contributed by atoms with Crippen molar-refractivity contribution < 1.29 is 13.2 Å². The Morgan fingerprint density at radius 2 is 1.69 bits per heavy atom. The Morgan fingerprint density at radius 1 is 1.15 bits per heavy atom. The van der Waals surface area contributed by atoms with E-state index >= 15 is 0 Å². The molecular formula is C10H10F3. The zero-order valence-corrected chi connectivity index (χ0v) is 7.23. The molecule has 0 saturated carbocycles. The SMILES string of the molecule is C[CH]Cc1ccc(C(F)(F)F)cc1. The lowest BCUT2D eigenvalue weighted by molar-refractivity contribution is -0.137. The maximum absolute atomic E-state index is 12.1. The van der Waals surface area contributed by atoms with Gasteiger partial charge < -0.3 is 0 Å². The predicted octanol–water partition coefficient (Wildman–Crippen LogP) is 3.47.